The van der Waals surface area contributed by atoms with Crippen LogP contribution in [0.25, 0.3) is 0 Å². The van der Waals surface area contributed by atoms with Crippen molar-refractivity contribution in [2.75, 3.05) is 32.7 Å². The molecule has 4 atom stereocenters. The highest BCUT2D eigenvalue weighted by molar-refractivity contribution is 6.06. The Morgan fingerprint density at radius 3 is 2.23 bits per heavy atom. The van der Waals surface area contributed by atoms with Crippen LogP contribution in [-0.4, -0.2) is 72.4 Å². The maximum absolute atomic E-state index is 12.7. The van der Waals surface area contributed by atoms with E-state index >= 15 is 0 Å². The maximum atomic E-state index is 12.7. The highest BCUT2D eigenvalue weighted by atomic mass is 16.2. The monoisotopic (exact) mass is 417 g/mol. The molecule has 7 heteroatoms. The quantitative estimate of drug-likeness (QED) is 0.187. The third kappa shape index (κ3) is 4.71. The average molecular weight is 418 g/mol. The molecule has 0 spiro atoms. The van der Waals surface area contributed by atoms with Gasteiger partial charge in [0.25, 0.3) is 0 Å². The van der Waals surface area contributed by atoms with E-state index in [-0.39, 0.29) is 35.5 Å². The van der Waals surface area contributed by atoms with Crippen molar-refractivity contribution in [3.8, 4) is 0 Å². The zero-order valence-corrected chi connectivity index (χ0v) is 19.2. The number of nitrogens with zero attached hydrogens (tertiary/aromatic N) is 3. The van der Waals surface area contributed by atoms with Crippen molar-refractivity contribution in [1.29, 1.82) is 0 Å². The zero-order valence-electron chi connectivity index (χ0n) is 19.2. The van der Waals surface area contributed by atoms with Crippen LogP contribution in [0.5, 0.6) is 0 Å². The van der Waals surface area contributed by atoms with Gasteiger partial charge in [0.05, 0.1) is 11.8 Å². The van der Waals surface area contributed by atoms with Gasteiger partial charge in [-0.25, -0.2) is 0 Å². The van der Waals surface area contributed by atoms with Crippen molar-refractivity contribution in [3.05, 3.63) is 12.2 Å². The van der Waals surface area contributed by atoms with Crippen molar-refractivity contribution in [2.24, 2.45) is 28.7 Å². The summed E-state index contributed by atoms with van der Waals surface area (Å²) in [6, 6.07) is 1.01. The van der Waals surface area contributed by atoms with Gasteiger partial charge in [0.15, 0.2) is 5.96 Å². The summed E-state index contributed by atoms with van der Waals surface area (Å²) >= 11 is 0. The van der Waals surface area contributed by atoms with Crippen molar-refractivity contribution in [1.82, 2.24) is 20.4 Å². The number of rotatable bonds is 10. The number of hydrogen-bond donors (Lipinski definition) is 2. The first-order chi connectivity index (χ1) is 14.3. The molecule has 1 aliphatic heterocycles. The Morgan fingerprint density at radius 1 is 1.10 bits per heavy atom. The molecule has 0 aromatic heterocycles. The summed E-state index contributed by atoms with van der Waals surface area (Å²) in [6.45, 7) is 14.6. The van der Waals surface area contributed by atoms with Crippen LogP contribution in [0.2, 0.25) is 0 Å². The second-order valence-electron chi connectivity index (χ2n) is 9.29. The van der Waals surface area contributed by atoms with Crippen molar-refractivity contribution < 1.29 is 9.59 Å². The molecule has 0 aromatic rings. The summed E-state index contributed by atoms with van der Waals surface area (Å²) < 4.78 is 0. The number of aliphatic imine (C=N–C) groups is 1. The number of carbonyl (C=O) groups excluding carboxylic acids is 2. The second-order valence-corrected chi connectivity index (χ2v) is 9.29. The lowest BCUT2D eigenvalue weighted by atomic mass is 9.85. The topological polar surface area (TPSA) is 77.0 Å². The molecule has 2 N–H and O–H groups in total. The molecule has 168 valence electrons. The summed E-state index contributed by atoms with van der Waals surface area (Å²) in [4.78, 5) is 34.1. The highest BCUT2D eigenvalue weighted by Gasteiger charge is 2.58. The largest absolute Gasteiger partial charge is 0.357 e. The van der Waals surface area contributed by atoms with Crippen molar-refractivity contribution in [3.63, 3.8) is 0 Å². The minimum atomic E-state index is -0.0974. The highest BCUT2D eigenvalue weighted by Crippen LogP contribution is 2.52. The Labute approximate surface area is 181 Å². The first-order valence-electron chi connectivity index (χ1n) is 11.7. The fraction of sp³-hybridized carbons (Fsp3) is 0.783. The smallest absolute Gasteiger partial charge is 0.233 e. The molecule has 7 nitrogen and oxygen atoms in total. The number of likely N-dealkylation sites (tertiary alicyclic amines) is 1. The van der Waals surface area contributed by atoms with Gasteiger partial charge in [0, 0.05) is 44.8 Å². The summed E-state index contributed by atoms with van der Waals surface area (Å²) in [5.74, 6) is 1.24. The van der Waals surface area contributed by atoms with Crippen LogP contribution >= 0.6 is 0 Å². The van der Waals surface area contributed by atoms with E-state index in [4.69, 9.17) is 0 Å². The summed E-state index contributed by atoms with van der Waals surface area (Å²) in [6.07, 6.45) is 5.95. The first-order valence-corrected chi connectivity index (χ1v) is 11.7. The molecule has 1 saturated heterocycles. The number of carbonyl (C=O) groups is 2. The van der Waals surface area contributed by atoms with Gasteiger partial charge in [-0.05, 0) is 59.3 Å². The van der Waals surface area contributed by atoms with Gasteiger partial charge in [0.2, 0.25) is 11.8 Å². The van der Waals surface area contributed by atoms with Gasteiger partial charge in [-0.15, -0.1) is 0 Å². The molecule has 0 aromatic carbocycles. The fourth-order valence-electron chi connectivity index (χ4n) is 5.36. The summed E-state index contributed by atoms with van der Waals surface area (Å²) in [7, 11) is 0. The van der Waals surface area contributed by atoms with Gasteiger partial charge in [-0.1, -0.05) is 12.2 Å². The molecule has 0 radical (unpaired) electrons. The summed E-state index contributed by atoms with van der Waals surface area (Å²) in [5, 5.41) is 6.68. The molecule has 1 saturated carbocycles. The Bertz CT molecular complexity index is 649. The number of amides is 2. The molecule has 2 aliphatic carbocycles. The van der Waals surface area contributed by atoms with E-state index in [1.54, 1.807) is 0 Å². The van der Waals surface area contributed by atoms with Crippen LogP contribution in [0, 0.1) is 23.7 Å². The van der Waals surface area contributed by atoms with Gasteiger partial charge in [-0.2, -0.15) is 0 Å². The predicted octanol–water partition coefficient (Wildman–Crippen LogP) is 1.86. The molecule has 3 aliphatic rings. The number of guanidine groups is 1. The van der Waals surface area contributed by atoms with Gasteiger partial charge >= 0.3 is 0 Å². The first kappa shape index (κ1) is 22.8. The lowest BCUT2D eigenvalue weighted by Gasteiger charge is -2.30. The van der Waals surface area contributed by atoms with Crippen LogP contribution in [-0.2, 0) is 9.59 Å². The Morgan fingerprint density at radius 2 is 1.70 bits per heavy atom. The van der Waals surface area contributed by atoms with E-state index in [1.807, 2.05) is 6.92 Å². The SMILES string of the molecule is CCNC(=NCCCN1C(=O)C2C3C=CC(C3)C2C1=O)NCCN(C(C)C)C(C)C. The number of fused-ring (bicyclic) bond motifs is 5. The minimum Gasteiger partial charge on any atom is -0.357 e. The van der Waals surface area contributed by atoms with Crippen molar-refractivity contribution >= 4 is 17.8 Å². The van der Waals surface area contributed by atoms with Crippen LogP contribution in [0.1, 0.15) is 47.5 Å². The standard InChI is InChI=1S/C23H39N5O2/c1-6-24-23(26-11-13-27(15(2)3)16(4)5)25-10-7-12-28-21(29)19-17-8-9-18(14-17)20(19)22(28)30/h8-9,15-20H,6-7,10-14H2,1-5H3,(H2,24,25,26). The van der Waals surface area contributed by atoms with E-state index in [1.165, 1.54) is 4.90 Å². The molecule has 4 unspecified atom stereocenters. The van der Waals surface area contributed by atoms with Crippen LogP contribution < -0.4 is 10.6 Å². The third-order valence-corrected chi connectivity index (χ3v) is 6.70. The van der Waals surface area contributed by atoms with Crippen molar-refractivity contribution in [2.45, 2.75) is 59.5 Å². The van der Waals surface area contributed by atoms with E-state index in [0.717, 1.165) is 32.0 Å². The maximum Gasteiger partial charge on any atom is 0.233 e. The predicted molar refractivity (Wildman–Crippen MR) is 120 cm³/mol. The fourth-order valence-corrected chi connectivity index (χ4v) is 5.36. The lowest BCUT2D eigenvalue weighted by Crippen LogP contribution is -2.45. The van der Waals surface area contributed by atoms with Crippen LogP contribution in [0.15, 0.2) is 17.1 Å². The van der Waals surface area contributed by atoms with Gasteiger partial charge in [0.1, 0.15) is 0 Å². The Kier molecular flexibility index (Phi) is 7.55. The third-order valence-electron chi connectivity index (χ3n) is 6.70. The number of hydrogen-bond acceptors (Lipinski definition) is 4. The second kappa shape index (κ2) is 9.94. The van der Waals surface area contributed by atoms with E-state index < -0.39 is 0 Å². The molecule has 2 fully saturated rings. The Hall–Kier alpha value is -1.89. The molecule has 2 amide bonds. The number of allylic oxidation sites excluding steroid dienone is 2. The zero-order chi connectivity index (χ0) is 21.8. The molecule has 2 bridgehead atoms. The molecule has 1 heterocycles. The molecular weight excluding hydrogens is 378 g/mol. The molecule has 3 rings (SSSR count). The van der Waals surface area contributed by atoms with Crippen LogP contribution in [0.4, 0.5) is 0 Å². The van der Waals surface area contributed by atoms with E-state index in [9.17, 15) is 9.59 Å². The van der Waals surface area contributed by atoms with Crippen LogP contribution in [0.3, 0.4) is 0 Å². The number of imide groups is 1. The normalized spacial score (nSPS) is 27.9. The number of nitrogens with one attached hydrogen (secondary N) is 2. The van der Waals surface area contributed by atoms with Gasteiger partial charge < -0.3 is 10.6 Å². The average Bonchev–Trinajstić information content (AvgIpc) is 3.36. The lowest BCUT2D eigenvalue weighted by molar-refractivity contribution is -0.140. The summed E-state index contributed by atoms with van der Waals surface area (Å²) in [5.41, 5.74) is 0. The minimum absolute atomic E-state index is 0.0401. The Balaban J connectivity index is 1.45. The molecule has 30 heavy (non-hydrogen) atoms. The molecular formula is C23H39N5O2. The van der Waals surface area contributed by atoms with E-state index in [2.05, 4.69) is 60.4 Å². The van der Waals surface area contributed by atoms with Gasteiger partial charge in [-0.3, -0.25) is 24.4 Å². The van der Waals surface area contributed by atoms with E-state index in [0.29, 0.717) is 31.6 Å².